The number of rotatable bonds is 9. The molecule has 9 heteroatoms. The van der Waals surface area contributed by atoms with Gasteiger partial charge < -0.3 is 26.4 Å². The maximum absolute atomic E-state index is 11.9. The first-order valence-corrected chi connectivity index (χ1v) is 7.44. The van der Waals surface area contributed by atoms with E-state index in [1.54, 1.807) is 7.11 Å². The molecular formula is C12H21N5O3S. The lowest BCUT2D eigenvalue weighted by atomic mass is 10.3. The van der Waals surface area contributed by atoms with Crippen LogP contribution in [0.3, 0.4) is 0 Å². The quantitative estimate of drug-likeness (QED) is 0.478. The molecular weight excluding hydrogens is 294 g/mol. The SMILES string of the molecule is CCNC(=O)CCNC(=O)c1sc(NCCOC)nc1N. The molecule has 1 heterocycles. The summed E-state index contributed by atoms with van der Waals surface area (Å²) in [5, 5.41) is 8.88. The molecule has 1 rings (SSSR count). The Morgan fingerprint density at radius 1 is 1.33 bits per heavy atom. The van der Waals surface area contributed by atoms with Gasteiger partial charge in [0.25, 0.3) is 5.91 Å². The summed E-state index contributed by atoms with van der Waals surface area (Å²) >= 11 is 1.17. The van der Waals surface area contributed by atoms with Crippen molar-refractivity contribution in [3.63, 3.8) is 0 Å². The lowest BCUT2D eigenvalue weighted by molar-refractivity contribution is -0.120. The molecule has 0 spiro atoms. The summed E-state index contributed by atoms with van der Waals surface area (Å²) in [4.78, 5) is 27.6. The number of thiazole rings is 1. The zero-order valence-corrected chi connectivity index (χ0v) is 13.0. The molecule has 0 aliphatic heterocycles. The van der Waals surface area contributed by atoms with Crippen molar-refractivity contribution in [2.75, 3.05) is 44.4 Å². The summed E-state index contributed by atoms with van der Waals surface area (Å²) in [5.74, 6) is -0.249. The van der Waals surface area contributed by atoms with E-state index in [2.05, 4.69) is 20.9 Å². The Balaban J connectivity index is 2.44. The van der Waals surface area contributed by atoms with E-state index >= 15 is 0 Å². The molecule has 2 amide bonds. The van der Waals surface area contributed by atoms with E-state index in [1.165, 1.54) is 11.3 Å². The van der Waals surface area contributed by atoms with Crippen LogP contribution in [-0.2, 0) is 9.53 Å². The molecule has 0 atom stereocenters. The highest BCUT2D eigenvalue weighted by Crippen LogP contribution is 2.24. The van der Waals surface area contributed by atoms with Gasteiger partial charge in [-0.2, -0.15) is 0 Å². The number of nitrogens with two attached hydrogens (primary N) is 1. The summed E-state index contributed by atoms with van der Waals surface area (Å²) in [6.45, 7) is 3.79. The number of nitrogen functional groups attached to an aromatic ring is 1. The van der Waals surface area contributed by atoms with Crippen molar-refractivity contribution in [1.82, 2.24) is 15.6 Å². The van der Waals surface area contributed by atoms with Crippen LogP contribution in [0.15, 0.2) is 0 Å². The topological polar surface area (TPSA) is 118 Å². The van der Waals surface area contributed by atoms with Crippen LogP contribution in [0.5, 0.6) is 0 Å². The van der Waals surface area contributed by atoms with Crippen molar-refractivity contribution in [2.45, 2.75) is 13.3 Å². The third kappa shape index (κ3) is 5.96. The first kappa shape index (κ1) is 17.2. The van der Waals surface area contributed by atoms with Gasteiger partial charge in [0.2, 0.25) is 5.91 Å². The molecule has 1 aromatic heterocycles. The highest BCUT2D eigenvalue weighted by molar-refractivity contribution is 7.18. The van der Waals surface area contributed by atoms with Gasteiger partial charge in [-0.25, -0.2) is 4.98 Å². The standard InChI is InChI=1S/C12H21N5O3S/c1-3-14-8(18)4-5-15-11(19)9-10(13)17-12(21-9)16-6-7-20-2/h3-7,13H2,1-2H3,(H,14,18)(H,15,19)(H,16,17). The number of hydrogen-bond donors (Lipinski definition) is 4. The van der Waals surface area contributed by atoms with Crippen molar-refractivity contribution < 1.29 is 14.3 Å². The Kier molecular flexibility index (Phi) is 7.48. The van der Waals surface area contributed by atoms with E-state index in [-0.39, 0.29) is 30.6 Å². The van der Waals surface area contributed by atoms with E-state index in [0.29, 0.717) is 29.7 Å². The van der Waals surface area contributed by atoms with Crippen LogP contribution >= 0.6 is 11.3 Å². The van der Waals surface area contributed by atoms with Gasteiger partial charge in [0.15, 0.2) is 5.13 Å². The largest absolute Gasteiger partial charge is 0.383 e. The predicted octanol–water partition coefficient (Wildman–Crippen LogP) is 0.0396. The number of carbonyl (C=O) groups is 2. The predicted molar refractivity (Wildman–Crippen MR) is 82.5 cm³/mol. The smallest absolute Gasteiger partial charge is 0.265 e. The Hall–Kier alpha value is -1.87. The molecule has 118 valence electrons. The molecule has 0 aromatic carbocycles. The normalized spacial score (nSPS) is 10.2. The molecule has 0 bridgehead atoms. The zero-order valence-electron chi connectivity index (χ0n) is 12.2. The summed E-state index contributed by atoms with van der Waals surface area (Å²) in [7, 11) is 1.60. The van der Waals surface area contributed by atoms with E-state index in [4.69, 9.17) is 10.5 Å². The maximum Gasteiger partial charge on any atom is 0.265 e. The van der Waals surface area contributed by atoms with Gasteiger partial charge in [0.1, 0.15) is 10.7 Å². The fourth-order valence-corrected chi connectivity index (χ4v) is 2.31. The van der Waals surface area contributed by atoms with Gasteiger partial charge in [0, 0.05) is 33.2 Å². The minimum atomic E-state index is -0.325. The number of aromatic nitrogens is 1. The molecule has 0 aliphatic carbocycles. The molecule has 0 fully saturated rings. The van der Waals surface area contributed by atoms with Crippen molar-refractivity contribution >= 4 is 34.1 Å². The van der Waals surface area contributed by atoms with Gasteiger partial charge in [-0.1, -0.05) is 11.3 Å². The van der Waals surface area contributed by atoms with Gasteiger partial charge in [-0.15, -0.1) is 0 Å². The second-order valence-corrected chi connectivity index (χ2v) is 5.11. The number of nitrogens with zero attached hydrogens (tertiary/aromatic N) is 1. The van der Waals surface area contributed by atoms with Crippen LogP contribution < -0.4 is 21.7 Å². The lowest BCUT2D eigenvalue weighted by Gasteiger charge is -2.04. The molecule has 5 N–H and O–H groups in total. The Labute approximate surface area is 127 Å². The summed E-state index contributed by atoms with van der Waals surface area (Å²) in [5.41, 5.74) is 5.71. The minimum absolute atomic E-state index is 0.100. The Morgan fingerprint density at radius 2 is 2.10 bits per heavy atom. The monoisotopic (exact) mass is 315 g/mol. The van der Waals surface area contributed by atoms with Crippen LogP contribution in [0.2, 0.25) is 0 Å². The molecule has 1 aromatic rings. The van der Waals surface area contributed by atoms with Gasteiger partial charge in [0.05, 0.1) is 6.61 Å². The number of hydrogen-bond acceptors (Lipinski definition) is 7. The fourth-order valence-electron chi connectivity index (χ4n) is 1.49. The first-order valence-electron chi connectivity index (χ1n) is 6.62. The summed E-state index contributed by atoms with van der Waals surface area (Å²) < 4.78 is 4.91. The molecule has 21 heavy (non-hydrogen) atoms. The van der Waals surface area contributed by atoms with Crippen LogP contribution in [0.25, 0.3) is 0 Å². The lowest BCUT2D eigenvalue weighted by Crippen LogP contribution is -2.30. The summed E-state index contributed by atoms with van der Waals surface area (Å²) in [6, 6.07) is 0. The third-order valence-corrected chi connectivity index (χ3v) is 3.48. The highest BCUT2D eigenvalue weighted by Gasteiger charge is 2.16. The number of anilines is 2. The average Bonchev–Trinajstić information content (AvgIpc) is 2.80. The Morgan fingerprint density at radius 3 is 2.76 bits per heavy atom. The fraction of sp³-hybridized carbons (Fsp3) is 0.583. The second kappa shape index (κ2) is 9.14. The van der Waals surface area contributed by atoms with Crippen LogP contribution in [0.1, 0.15) is 23.0 Å². The number of nitrogens with one attached hydrogen (secondary N) is 3. The average molecular weight is 315 g/mol. The molecule has 8 nitrogen and oxygen atoms in total. The van der Waals surface area contributed by atoms with E-state index in [1.807, 2.05) is 6.92 Å². The first-order chi connectivity index (χ1) is 10.1. The molecule has 0 unspecified atom stereocenters. The molecule has 0 radical (unpaired) electrons. The number of carbonyl (C=O) groups excluding carboxylic acids is 2. The van der Waals surface area contributed by atoms with Gasteiger partial charge in [-0.05, 0) is 6.92 Å². The number of ether oxygens (including phenoxy) is 1. The summed E-state index contributed by atoms with van der Waals surface area (Å²) in [6.07, 6.45) is 0.233. The van der Waals surface area contributed by atoms with Crippen molar-refractivity contribution in [3.8, 4) is 0 Å². The minimum Gasteiger partial charge on any atom is -0.383 e. The Bertz CT molecular complexity index is 477. The highest BCUT2D eigenvalue weighted by atomic mass is 32.1. The van der Waals surface area contributed by atoms with Crippen LogP contribution in [-0.4, -0.2) is 50.1 Å². The van der Waals surface area contributed by atoms with Gasteiger partial charge in [-0.3, -0.25) is 9.59 Å². The third-order valence-electron chi connectivity index (χ3n) is 2.45. The van der Waals surface area contributed by atoms with Crippen molar-refractivity contribution in [3.05, 3.63) is 4.88 Å². The van der Waals surface area contributed by atoms with Crippen molar-refractivity contribution in [1.29, 1.82) is 0 Å². The van der Waals surface area contributed by atoms with Crippen LogP contribution in [0, 0.1) is 0 Å². The van der Waals surface area contributed by atoms with E-state index in [9.17, 15) is 9.59 Å². The number of methoxy groups -OCH3 is 1. The van der Waals surface area contributed by atoms with Crippen LogP contribution in [0.4, 0.5) is 10.9 Å². The maximum atomic E-state index is 11.9. The van der Waals surface area contributed by atoms with Crippen molar-refractivity contribution in [2.24, 2.45) is 0 Å². The molecule has 0 saturated heterocycles. The molecule has 0 aliphatic rings. The number of amides is 2. The van der Waals surface area contributed by atoms with Gasteiger partial charge >= 0.3 is 0 Å². The zero-order chi connectivity index (χ0) is 15.7. The van der Waals surface area contributed by atoms with E-state index in [0.717, 1.165) is 0 Å². The molecule has 0 saturated carbocycles. The van der Waals surface area contributed by atoms with E-state index < -0.39 is 0 Å². The second-order valence-electron chi connectivity index (χ2n) is 4.11.